The average Bonchev–Trinajstić information content (AvgIpc) is 2.80. The summed E-state index contributed by atoms with van der Waals surface area (Å²) in [4.78, 5) is 40.2. The zero-order valence-corrected chi connectivity index (χ0v) is 17.8. The van der Waals surface area contributed by atoms with Crippen LogP contribution in [-0.4, -0.2) is 49.7 Å². The fraction of sp³-hybridized carbons (Fsp3) is 0.348. The number of carbonyl (C=O) groups is 3. The molecule has 0 saturated carbocycles. The molecule has 4 amide bonds. The van der Waals surface area contributed by atoms with Gasteiger partial charge in [0.2, 0.25) is 5.91 Å². The molecule has 2 aromatic rings. The molecule has 0 spiro atoms. The van der Waals surface area contributed by atoms with Gasteiger partial charge in [0.05, 0.1) is 12.5 Å². The number of para-hydroxylation sites is 1. The van der Waals surface area contributed by atoms with E-state index < -0.39 is 6.09 Å². The lowest BCUT2D eigenvalue weighted by molar-refractivity contribution is -0.121. The average molecular weight is 425 g/mol. The Balaban J connectivity index is 1.55. The van der Waals surface area contributed by atoms with E-state index >= 15 is 0 Å². The van der Waals surface area contributed by atoms with E-state index in [1.165, 1.54) is 4.90 Å². The zero-order chi connectivity index (χ0) is 22.2. The predicted molar refractivity (Wildman–Crippen MR) is 120 cm³/mol. The molecule has 1 aliphatic rings. The number of nitrogens with one attached hydrogen (secondary N) is 2. The van der Waals surface area contributed by atoms with Crippen LogP contribution in [0.3, 0.4) is 0 Å². The van der Waals surface area contributed by atoms with Crippen LogP contribution in [0.2, 0.25) is 0 Å². The Bertz CT molecular complexity index is 902. The molecule has 31 heavy (non-hydrogen) atoms. The largest absolute Gasteiger partial charge is 0.449 e. The molecule has 1 fully saturated rings. The molecule has 2 aromatic carbocycles. The van der Waals surface area contributed by atoms with Crippen molar-refractivity contribution in [2.75, 3.05) is 42.3 Å². The van der Waals surface area contributed by atoms with Crippen molar-refractivity contribution in [3.8, 4) is 0 Å². The molecule has 0 radical (unpaired) electrons. The van der Waals surface area contributed by atoms with Gasteiger partial charge in [-0.15, -0.1) is 0 Å². The molecule has 0 aromatic heterocycles. The summed E-state index contributed by atoms with van der Waals surface area (Å²) in [6.07, 6.45) is 1.06. The second-order valence-electron chi connectivity index (χ2n) is 7.38. The maximum atomic E-state index is 12.8. The third-order valence-electron chi connectivity index (χ3n) is 5.17. The minimum Gasteiger partial charge on any atom is -0.449 e. The van der Waals surface area contributed by atoms with Gasteiger partial charge in [0.1, 0.15) is 0 Å². The summed E-state index contributed by atoms with van der Waals surface area (Å²) in [6.45, 7) is 3.05. The summed E-state index contributed by atoms with van der Waals surface area (Å²) in [7, 11) is 1.63. The highest BCUT2D eigenvalue weighted by Crippen LogP contribution is 2.22. The lowest BCUT2D eigenvalue weighted by Gasteiger charge is -2.32. The van der Waals surface area contributed by atoms with Crippen LogP contribution in [-0.2, 0) is 9.53 Å². The second kappa shape index (κ2) is 10.5. The number of nitrogens with zero attached hydrogens (tertiary/aromatic N) is 2. The molecule has 3 rings (SSSR count). The summed E-state index contributed by atoms with van der Waals surface area (Å²) in [5.41, 5.74) is 2.03. The van der Waals surface area contributed by atoms with Crippen molar-refractivity contribution in [1.82, 2.24) is 4.90 Å². The number of rotatable bonds is 5. The highest BCUT2D eigenvalue weighted by molar-refractivity contribution is 5.95. The number of anilines is 3. The standard InChI is InChI=1S/C23H28N4O4/c1-3-31-23(30)26(2)20-13-11-19(12-14-20)24-21(28)17-8-7-15-27(16-17)22(29)25-18-9-5-4-6-10-18/h4-6,9-14,17H,3,7-8,15-16H2,1-2H3,(H,24,28)(H,25,29). The van der Waals surface area contributed by atoms with Crippen molar-refractivity contribution < 1.29 is 19.1 Å². The summed E-state index contributed by atoms with van der Waals surface area (Å²) < 4.78 is 4.98. The second-order valence-corrected chi connectivity index (χ2v) is 7.38. The topological polar surface area (TPSA) is 91.0 Å². The van der Waals surface area contributed by atoms with E-state index in [1.54, 1.807) is 43.1 Å². The Morgan fingerprint density at radius 2 is 1.71 bits per heavy atom. The van der Waals surface area contributed by atoms with Crippen LogP contribution in [0, 0.1) is 5.92 Å². The lowest BCUT2D eigenvalue weighted by atomic mass is 9.97. The normalized spacial score (nSPS) is 15.7. The van der Waals surface area contributed by atoms with Crippen molar-refractivity contribution in [2.45, 2.75) is 19.8 Å². The Labute approximate surface area is 182 Å². The van der Waals surface area contributed by atoms with E-state index in [1.807, 2.05) is 30.3 Å². The number of likely N-dealkylation sites (tertiary alicyclic amines) is 1. The third-order valence-corrected chi connectivity index (χ3v) is 5.17. The number of piperidine rings is 1. The number of urea groups is 1. The molecule has 8 nitrogen and oxygen atoms in total. The molecule has 1 unspecified atom stereocenters. The molecular formula is C23H28N4O4. The maximum Gasteiger partial charge on any atom is 0.413 e. The summed E-state index contributed by atoms with van der Waals surface area (Å²) in [5, 5.41) is 5.78. The van der Waals surface area contributed by atoms with E-state index in [0.29, 0.717) is 31.1 Å². The van der Waals surface area contributed by atoms with Gasteiger partial charge in [-0.05, 0) is 56.2 Å². The van der Waals surface area contributed by atoms with Gasteiger partial charge in [0.25, 0.3) is 0 Å². The highest BCUT2D eigenvalue weighted by Gasteiger charge is 2.28. The van der Waals surface area contributed by atoms with Gasteiger partial charge in [-0.25, -0.2) is 9.59 Å². The van der Waals surface area contributed by atoms with E-state index in [0.717, 1.165) is 18.5 Å². The van der Waals surface area contributed by atoms with Crippen molar-refractivity contribution in [3.63, 3.8) is 0 Å². The minimum atomic E-state index is -0.435. The molecule has 164 valence electrons. The molecule has 0 aliphatic carbocycles. The monoisotopic (exact) mass is 424 g/mol. The predicted octanol–water partition coefficient (Wildman–Crippen LogP) is 4.16. The van der Waals surface area contributed by atoms with Crippen molar-refractivity contribution in [3.05, 3.63) is 54.6 Å². The first kappa shape index (κ1) is 22.1. The SMILES string of the molecule is CCOC(=O)N(C)c1ccc(NC(=O)C2CCCN(C(=O)Nc3ccccc3)C2)cc1. The molecule has 1 atom stereocenters. The van der Waals surface area contributed by atoms with Crippen LogP contribution in [0.1, 0.15) is 19.8 Å². The van der Waals surface area contributed by atoms with Crippen LogP contribution >= 0.6 is 0 Å². The molecular weight excluding hydrogens is 396 g/mol. The number of benzene rings is 2. The Morgan fingerprint density at radius 3 is 2.39 bits per heavy atom. The molecule has 1 aliphatic heterocycles. The molecule has 0 bridgehead atoms. The first-order chi connectivity index (χ1) is 15.0. The van der Waals surface area contributed by atoms with Crippen LogP contribution in [0.25, 0.3) is 0 Å². The summed E-state index contributed by atoms with van der Waals surface area (Å²) in [6, 6.07) is 16.0. The van der Waals surface area contributed by atoms with E-state index in [9.17, 15) is 14.4 Å². The highest BCUT2D eigenvalue weighted by atomic mass is 16.6. The van der Waals surface area contributed by atoms with Crippen LogP contribution in [0.15, 0.2) is 54.6 Å². The van der Waals surface area contributed by atoms with Gasteiger partial charge in [0, 0.05) is 37.2 Å². The van der Waals surface area contributed by atoms with Gasteiger partial charge in [-0.2, -0.15) is 0 Å². The Hall–Kier alpha value is -3.55. The smallest absolute Gasteiger partial charge is 0.413 e. The van der Waals surface area contributed by atoms with Gasteiger partial charge in [-0.3, -0.25) is 9.69 Å². The molecule has 2 N–H and O–H groups in total. The van der Waals surface area contributed by atoms with Gasteiger partial charge < -0.3 is 20.3 Å². The molecule has 1 heterocycles. The van der Waals surface area contributed by atoms with E-state index in [2.05, 4.69) is 10.6 Å². The van der Waals surface area contributed by atoms with Crippen LogP contribution in [0.4, 0.5) is 26.7 Å². The van der Waals surface area contributed by atoms with Gasteiger partial charge in [-0.1, -0.05) is 18.2 Å². The van der Waals surface area contributed by atoms with Crippen molar-refractivity contribution >= 4 is 35.1 Å². The van der Waals surface area contributed by atoms with Crippen molar-refractivity contribution in [2.24, 2.45) is 5.92 Å². The third kappa shape index (κ3) is 5.97. The zero-order valence-electron chi connectivity index (χ0n) is 17.8. The minimum absolute atomic E-state index is 0.122. The van der Waals surface area contributed by atoms with Gasteiger partial charge in [0.15, 0.2) is 0 Å². The number of carbonyl (C=O) groups excluding carboxylic acids is 3. The maximum absolute atomic E-state index is 12.8. The number of hydrogen-bond acceptors (Lipinski definition) is 4. The van der Waals surface area contributed by atoms with Crippen LogP contribution < -0.4 is 15.5 Å². The quantitative estimate of drug-likeness (QED) is 0.754. The Kier molecular flexibility index (Phi) is 7.48. The van der Waals surface area contributed by atoms with Crippen LogP contribution in [0.5, 0.6) is 0 Å². The fourth-order valence-electron chi connectivity index (χ4n) is 3.44. The number of amides is 4. The Morgan fingerprint density at radius 1 is 1.03 bits per heavy atom. The van der Waals surface area contributed by atoms with Gasteiger partial charge >= 0.3 is 12.1 Å². The first-order valence-corrected chi connectivity index (χ1v) is 10.4. The van der Waals surface area contributed by atoms with E-state index in [-0.39, 0.29) is 17.9 Å². The van der Waals surface area contributed by atoms with Crippen molar-refractivity contribution in [1.29, 1.82) is 0 Å². The molecule has 1 saturated heterocycles. The van der Waals surface area contributed by atoms with E-state index in [4.69, 9.17) is 4.74 Å². The summed E-state index contributed by atoms with van der Waals surface area (Å²) >= 11 is 0. The number of ether oxygens (including phenoxy) is 1. The fourth-order valence-corrected chi connectivity index (χ4v) is 3.44. The number of hydrogen-bond donors (Lipinski definition) is 2. The lowest BCUT2D eigenvalue weighted by Crippen LogP contribution is -2.45. The molecule has 8 heteroatoms. The first-order valence-electron chi connectivity index (χ1n) is 10.4. The summed E-state index contributed by atoms with van der Waals surface area (Å²) in [5.74, 6) is -0.402.